The van der Waals surface area contributed by atoms with Crippen LogP contribution in [0.2, 0.25) is 0 Å². The smallest absolute Gasteiger partial charge is 0.119 e. The summed E-state index contributed by atoms with van der Waals surface area (Å²) >= 11 is 0. The van der Waals surface area contributed by atoms with Crippen molar-refractivity contribution in [2.45, 2.75) is 57.0 Å². The largest absolute Gasteiger partial charge is 0.494 e. The first-order chi connectivity index (χ1) is 10.2. The number of nitrogens with zero attached hydrogens (tertiary/aromatic N) is 1. The Labute approximate surface area is 128 Å². The zero-order valence-electron chi connectivity index (χ0n) is 13.2. The molecule has 116 valence electrons. The van der Waals surface area contributed by atoms with Crippen LogP contribution in [0, 0.1) is 0 Å². The molecule has 1 aromatic rings. The van der Waals surface area contributed by atoms with E-state index < -0.39 is 0 Å². The molecule has 1 aliphatic carbocycles. The third-order valence-electron chi connectivity index (χ3n) is 5.12. The summed E-state index contributed by atoms with van der Waals surface area (Å²) in [6, 6.07) is 7.38. The fourth-order valence-electron chi connectivity index (χ4n) is 3.73. The van der Waals surface area contributed by atoms with Crippen molar-refractivity contribution < 1.29 is 4.74 Å². The van der Waals surface area contributed by atoms with Gasteiger partial charge in [0.15, 0.2) is 0 Å². The van der Waals surface area contributed by atoms with Gasteiger partial charge in [0.2, 0.25) is 0 Å². The first kappa shape index (κ1) is 14.9. The van der Waals surface area contributed by atoms with Gasteiger partial charge in [0.05, 0.1) is 6.61 Å². The predicted octanol–water partition coefficient (Wildman–Crippen LogP) is 3.28. The zero-order chi connectivity index (χ0) is 14.7. The van der Waals surface area contributed by atoms with Gasteiger partial charge in [-0.05, 0) is 75.4 Å². The summed E-state index contributed by atoms with van der Waals surface area (Å²) in [5, 5.41) is 0. The summed E-state index contributed by atoms with van der Waals surface area (Å²) in [6.45, 7) is 2.04. The lowest BCUT2D eigenvalue weighted by Gasteiger charge is -2.32. The molecular formula is C18H28N2O. The van der Waals surface area contributed by atoms with Crippen LogP contribution in [0.3, 0.4) is 0 Å². The number of piperidine rings is 1. The van der Waals surface area contributed by atoms with Crippen LogP contribution in [0.1, 0.15) is 55.7 Å². The molecule has 0 amide bonds. The molecule has 1 heterocycles. The number of hydrogen-bond donors (Lipinski definition) is 1. The Morgan fingerprint density at radius 1 is 1.24 bits per heavy atom. The van der Waals surface area contributed by atoms with E-state index in [1.165, 1.54) is 43.4 Å². The van der Waals surface area contributed by atoms with Crippen LogP contribution < -0.4 is 10.5 Å². The van der Waals surface area contributed by atoms with E-state index in [-0.39, 0.29) is 6.04 Å². The van der Waals surface area contributed by atoms with Crippen LogP contribution in [0.15, 0.2) is 18.2 Å². The molecule has 2 N–H and O–H groups in total. The second kappa shape index (κ2) is 6.80. The molecule has 2 atom stereocenters. The molecule has 0 spiro atoms. The number of ether oxygens (including phenoxy) is 1. The Kier molecular flexibility index (Phi) is 4.81. The first-order valence-corrected chi connectivity index (χ1v) is 8.45. The molecule has 3 heteroatoms. The van der Waals surface area contributed by atoms with Gasteiger partial charge < -0.3 is 15.4 Å². The topological polar surface area (TPSA) is 38.5 Å². The summed E-state index contributed by atoms with van der Waals surface area (Å²) in [7, 11) is 2.24. The van der Waals surface area contributed by atoms with Crippen molar-refractivity contribution in [1.29, 1.82) is 0 Å². The molecule has 21 heavy (non-hydrogen) atoms. The molecule has 0 aromatic heterocycles. The average molecular weight is 288 g/mol. The van der Waals surface area contributed by atoms with E-state index >= 15 is 0 Å². The molecule has 0 radical (unpaired) electrons. The quantitative estimate of drug-likeness (QED) is 0.924. The first-order valence-electron chi connectivity index (χ1n) is 8.45. The maximum absolute atomic E-state index is 6.22. The molecule has 1 unspecified atom stereocenters. The van der Waals surface area contributed by atoms with Crippen molar-refractivity contribution in [2.24, 2.45) is 5.73 Å². The van der Waals surface area contributed by atoms with Crippen LogP contribution in [-0.2, 0) is 6.42 Å². The van der Waals surface area contributed by atoms with E-state index in [1.807, 2.05) is 0 Å². The Bertz CT molecular complexity index is 474. The number of benzene rings is 1. The van der Waals surface area contributed by atoms with Crippen molar-refractivity contribution in [3.05, 3.63) is 29.3 Å². The van der Waals surface area contributed by atoms with Gasteiger partial charge in [0.1, 0.15) is 5.75 Å². The molecule has 3 rings (SSSR count). The highest BCUT2D eigenvalue weighted by Gasteiger charge is 2.19. The van der Waals surface area contributed by atoms with Gasteiger partial charge in [-0.3, -0.25) is 0 Å². The number of aryl methyl sites for hydroxylation is 1. The number of hydrogen-bond acceptors (Lipinski definition) is 3. The Balaban J connectivity index is 1.54. The summed E-state index contributed by atoms with van der Waals surface area (Å²) in [5.74, 6) is 0.990. The van der Waals surface area contributed by atoms with Crippen molar-refractivity contribution in [1.82, 2.24) is 4.90 Å². The van der Waals surface area contributed by atoms with Crippen molar-refractivity contribution >= 4 is 0 Å². The van der Waals surface area contributed by atoms with E-state index in [1.54, 1.807) is 0 Å². The molecule has 1 fully saturated rings. The highest BCUT2D eigenvalue weighted by atomic mass is 16.5. The third-order valence-corrected chi connectivity index (χ3v) is 5.12. The Morgan fingerprint density at radius 3 is 3.00 bits per heavy atom. The summed E-state index contributed by atoms with van der Waals surface area (Å²) < 4.78 is 5.99. The van der Waals surface area contributed by atoms with Gasteiger partial charge in [-0.2, -0.15) is 0 Å². The van der Waals surface area contributed by atoms with Crippen molar-refractivity contribution in [2.75, 3.05) is 20.2 Å². The van der Waals surface area contributed by atoms with Crippen LogP contribution in [0.4, 0.5) is 0 Å². The van der Waals surface area contributed by atoms with Crippen molar-refractivity contribution in [3.63, 3.8) is 0 Å². The predicted molar refractivity (Wildman–Crippen MR) is 86.7 cm³/mol. The fourth-order valence-corrected chi connectivity index (χ4v) is 3.73. The van der Waals surface area contributed by atoms with Crippen LogP contribution in [-0.4, -0.2) is 31.1 Å². The van der Waals surface area contributed by atoms with Crippen LogP contribution >= 0.6 is 0 Å². The average Bonchev–Trinajstić information content (AvgIpc) is 2.50. The summed E-state index contributed by atoms with van der Waals surface area (Å²) in [6.07, 6.45) is 8.62. The summed E-state index contributed by atoms with van der Waals surface area (Å²) in [5.41, 5.74) is 8.93. The van der Waals surface area contributed by atoms with Gasteiger partial charge in [-0.1, -0.05) is 12.5 Å². The highest BCUT2D eigenvalue weighted by molar-refractivity contribution is 5.39. The number of likely N-dealkylation sites (tertiary alicyclic amines) is 1. The molecule has 1 aromatic carbocycles. The van der Waals surface area contributed by atoms with Gasteiger partial charge in [0, 0.05) is 12.1 Å². The van der Waals surface area contributed by atoms with Gasteiger partial charge in [-0.25, -0.2) is 0 Å². The zero-order valence-corrected chi connectivity index (χ0v) is 13.2. The molecule has 1 saturated heterocycles. The number of nitrogens with two attached hydrogens (primary N) is 1. The van der Waals surface area contributed by atoms with Crippen LogP contribution in [0.5, 0.6) is 5.75 Å². The van der Waals surface area contributed by atoms with E-state index in [0.717, 1.165) is 31.6 Å². The molecule has 0 bridgehead atoms. The monoisotopic (exact) mass is 288 g/mol. The van der Waals surface area contributed by atoms with Gasteiger partial charge in [-0.15, -0.1) is 0 Å². The molecule has 0 saturated carbocycles. The van der Waals surface area contributed by atoms with E-state index in [4.69, 9.17) is 10.5 Å². The second-order valence-corrected chi connectivity index (χ2v) is 6.63. The molecule has 3 nitrogen and oxygen atoms in total. The van der Waals surface area contributed by atoms with E-state index in [2.05, 4.69) is 30.1 Å². The molecular weight excluding hydrogens is 260 g/mol. The number of fused-ring (bicyclic) bond motifs is 1. The third kappa shape index (κ3) is 3.58. The van der Waals surface area contributed by atoms with E-state index in [0.29, 0.717) is 6.04 Å². The lowest BCUT2D eigenvalue weighted by atomic mass is 9.88. The minimum Gasteiger partial charge on any atom is -0.494 e. The minimum absolute atomic E-state index is 0.196. The standard InChI is InChI=1S/C18H28N2O/c1-20-11-3-2-6-15(20)10-12-21-16-9-8-14-5-4-7-18(19)17(14)13-16/h8-9,13,15,18H,2-7,10-12,19H2,1H3/t15?,18-/m1/s1. The second-order valence-electron chi connectivity index (χ2n) is 6.63. The highest BCUT2D eigenvalue weighted by Crippen LogP contribution is 2.31. The maximum Gasteiger partial charge on any atom is 0.119 e. The molecule has 2 aliphatic rings. The lowest BCUT2D eigenvalue weighted by molar-refractivity contribution is 0.153. The van der Waals surface area contributed by atoms with Gasteiger partial charge in [0.25, 0.3) is 0 Å². The summed E-state index contributed by atoms with van der Waals surface area (Å²) in [4.78, 5) is 2.48. The minimum atomic E-state index is 0.196. The fraction of sp³-hybridized carbons (Fsp3) is 0.667. The normalized spacial score (nSPS) is 26.4. The number of rotatable bonds is 4. The maximum atomic E-state index is 6.22. The Hall–Kier alpha value is -1.06. The molecule has 1 aliphatic heterocycles. The Morgan fingerprint density at radius 2 is 2.14 bits per heavy atom. The van der Waals surface area contributed by atoms with Gasteiger partial charge >= 0.3 is 0 Å². The van der Waals surface area contributed by atoms with Crippen molar-refractivity contribution in [3.8, 4) is 5.75 Å². The van der Waals surface area contributed by atoms with E-state index in [9.17, 15) is 0 Å². The lowest BCUT2D eigenvalue weighted by Crippen LogP contribution is -2.37. The SMILES string of the molecule is CN1CCCCC1CCOc1ccc2c(c1)[C@H](N)CCC2. The van der Waals surface area contributed by atoms with Crippen LogP contribution in [0.25, 0.3) is 0 Å².